The number of methoxy groups -OCH3 is 2. The molecule has 7 heteroatoms. The molecule has 0 fully saturated rings. The maximum absolute atomic E-state index is 8.11. The standard InChI is InChI=1S/C16H16N4O2S/c1-21-13-7-3-5-11(9-13)18-16-19-23-15(17)20(16)12-6-4-8-14(10-12)22-2/h3-10,17H,1-2H3,(H,18,19). The fourth-order valence-electron chi connectivity index (χ4n) is 2.16. The smallest absolute Gasteiger partial charge is 0.225 e. The summed E-state index contributed by atoms with van der Waals surface area (Å²) < 4.78 is 16.5. The number of nitrogens with one attached hydrogen (secondary N) is 2. The summed E-state index contributed by atoms with van der Waals surface area (Å²) in [7, 11) is 3.24. The number of ether oxygens (including phenoxy) is 2. The van der Waals surface area contributed by atoms with Crippen LogP contribution in [0.25, 0.3) is 5.69 Å². The molecule has 0 amide bonds. The van der Waals surface area contributed by atoms with Crippen molar-refractivity contribution in [1.29, 1.82) is 5.41 Å². The molecule has 3 aromatic rings. The summed E-state index contributed by atoms with van der Waals surface area (Å²) in [6, 6.07) is 15.1. The molecular weight excluding hydrogens is 312 g/mol. The van der Waals surface area contributed by atoms with Crippen LogP contribution in [0.3, 0.4) is 0 Å². The van der Waals surface area contributed by atoms with Gasteiger partial charge in [-0.15, -0.1) is 0 Å². The van der Waals surface area contributed by atoms with Gasteiger partial charge in [-0.05, 0) is 24.3 Å². The van der Waals surface area contributed by atoms with E-state index in [2.05, 4.69) is 9.69 Å². The molecule has 2 N–H and O–H groups in total. The summed E-state index contributed by atoms with van der Waals surface area (Å²) in [4.78, 5) is 0.323. The van der Waals surface area contributed by atoms with Crippen molar-refractivity contribution in [3.8, 4) is 17.2 Å². The Bertz CT molecular complexity index is 872. The van der Waals surface area contributed by atoms with Gasteiger partial charge in [-0.3, -0.25) is 9.98 Å². The zero-order valence-corrected chi connectivity index (χ0v) is 13.6. The predicted molar refractivity (Wildman–Crippen MR) is 90.1 cm³/mol. The van der Waals surface area contributed by atoms with Crippen LogP contribution in [0.4, 0.5) is 11.6 Å². The Labute approximate surface area is 137 Å². The number of hydrogen-bond acceptors (Lipinski definition) is 6. The molecule has 0 aliphatic rings. The van der Waals surface area contributed by atoms with Gasteiger partial charge in [0.1, 0.15) is 11.5 Å². The van der Waals surface area contributed by atoms with E-state index >= 15 is 0 Å². The van der Waals surface area contributed by atoms with Gasteiger partial charge in [0.2, 0.25) is 10.7 Å². The quantitative estimate of drug-likeness (QED) is 0.754. The molecule has 0 radical (unpaired) electrons. The summed E-state index contributed by atoms with van der Waals surface area (Å²) in [5.74, 6) is 2.05. The molecule has 1 aromatic heterocycles. The first kappa shape index (κ1) is 15.1. The minimum Gasteiger partial charge on any atom is -0.497 e. The first-order valence-electron chi connectivity index (χ1n) is 6.90. The van der Waals surface area contributed by atoms with Gasteiger partial charge in [0.15, 0.2) is 0 Å². The van der Waals surface area contributed by atoms with E-state index in [0.29, 0.717) is 10.7 Å². The lowest BCUT2D eigenvalue weighted by atomic mass is 10.3. The van der Waals surface area contributed by atoms with Gasteiger partial charge < -0.3 is 14.8 Å². The molecule has 118 valence electrons. The third-order valence-corrected chi connectivity index (χ3v) is 3.89. The van der Waals surface area contributed by atoms with Crippen LogP contribution in [0.5, 0.6) is 11.5 Å². The Morgan fingerprint density at radius 2 is 1.74 bits per heavy atom. The number of nitrogens with zero attached hydrogens (tertiary/aromatic N) is 2. The van der Waals surface area contributed by atoms with E-state index in [4.69, 9.17) is 14.9 Å². The number of hydrogen-bond donors (Lipinski definition) is 2. The molecule has 0 spiro atoms. The average Bonchev–Trinajstić information content (AvgIpc) is 2.95. The molecule has 0 bridgehead atoms. The second kappa shape index (κ2) is 6.53. The Hall–Kier alpha value is -2.80. The van der Waals surface area contributed by atoms with Crippen LogP contribution in [0.15, 0.2) is 48.5 Å². The van der Waals surface area contributed by atoms with Gasteiger partial charge in [0.25, 0.3) is 0 Å². The third-order valence-electron chi connectivity index (χ3n) is 3.27. The maximum atomic E-state index is 8.11. The molecule has 0 aliphatic heterocycles. The summed E-state index contributed by atoms with van der Waals surface area (Å²) in [5.41, 5.74) is 1.65. The number of anilines is 2. The van der Waals surface area contributed by atoms with Crippen LogP contribution >= 0.6 is 11.5 Å². The molecule has 3 rings (SSSR count). The second-order valence-electron chi connectivity index (χ2n) is 4.71. The third kappa shape index (κ3) is 3.19. The van der Waals surface area contributed by atoms with Crippen molar-refractivity contribution in [1.82, 2.24) is 8.94 Å². The Morgan fingerprint density at radius 3 is 2.48 bits per heavy atom. The van der Waals surface area contributed by atoms with Crippen molar-refractivity contribution in [3.63, 3.8) is 0 Å². The zero-order chi connectivity index (χ0) is 16.2. The van der Waals surface area contributed by atoms with Gasteiger partial charge in [-0.2, -0.15) is 4.37 Å². The fraction of sp³-hybridized carbons (Fsp3) is 0.125. The van der Waals surface area contributed by atoms with Crippen LogP contribution < -0.4 is 19.6 Å². The van der Waals surface area contributed by atoms with Crippen molar-refractivity contribution in [2.24, 2.45) is 0 Å². The van der Waals surface area contributed by atoms with E-state index in [1.165, 1.54) is 0 Å². The Kier molecular flexibility index (Phi) is 4.29. The fourth-order valence-corrected chi connectivity index (χ4v) is 2.74. The minimum atomic E-state index is 0.323. The SMILES string of the molecule is COc1cccc(Nc2nsc(=N)n2-c2cccc(OC)c2)c1. The van der Waals surface area contributed by atoms with E-state index in [0.717, 1.165) is 34.4 Å². The lowest BCUT2D eigenvalue weighted by molar-refractivity contribution is 0.414. The van der Waals surface area contributed by atoms with Crippen LogP contribution in [-0.4, -0.2) is 23.2 Å². The van der Waals surface area contributed by atoms with Crippen LogP contribution in [0.1, 0.15) is 0 Å². The van der Waals surface area contributed by atoms with Gasteiger partial charge in [-0.25, -0.2) is 0 Å². The molecule has 0 saturated carbocycles. The second-order valence-corrected chi connectivity index (χ2v) is 5.46. The summed E-state index contributed by atoms with van der Waals surface area (Å²) in [6.45, 7) is 0. The van der Waals surface area contributed by atoms with Gasteiger partial charge >= 0.3 is 0 Å². The van der Waals surface area contributed by atoms with E-state index in [-0.39, 0.29) is 0 Å². The van der Waals surface area contributed by atoms with Crippen molar-refractivity contribution in [3.05, 3.63) is 53.3 Å². The predicted octanol–water partition coefficient (Wildman–Crippen LogP) is 3.17. The first-order chi connectivity index (χ1) is 11.2. The highest BCUT2D eigenvalue weighted by Gasteiger charge is 2.10. The lowest BCUT2D eigenvalue weighted by Gasteiger charge is -2.11. The molecular formula is C16H16N4O2S. The van der Waals surface area contributed by atoms with E-state index in [1.54, 1.807) is 18.8 Å². The molecule has 2 aromatic carbocycles. The molecule has 0 atom stereocenters. The topological polar surface area (TPSA) is 72.2 Å². The van der Waals surface area contributed by atoms with E-state index < -0.39 is 0 Å². The van der Waals surface area contributed by atoms with Crippen molar-refractivity contribution in [2.75, 3.05) is 19.5 Å². The lowest BCUT2D eigenvalue weighted by Crippen LogP contribution is -2.13. The van der Waals surface area contributed by atoms with E-state index in [1.807, 2.05) is 48.5 Å². The van der Waals surface area contributed by atoms with Gasteiger partial charge in [-0.1, -0.05) is 12.1 Å². The monoisotopic (exact) mass is 328 g/mol. The van der Waals surface area contributed by atoms with E-state index in [9.17, 15) is 0 Å². The molecule has 0 unspecified atom stereocenters. The highest BCUT2D eigenvalue weighted by molar-refractivity contribution is 7.03. The largest absolute Gasteiger partial charge is 0.497 e. The molecule has 1 heterocycles. The highest BCUT2D eigenvalue weighted by atomic mass is 32.1. The summed E-state index contributed by atoms with van der Waals surface area (Å²) in [5, 5.41) is 11.3. The minimum absolute atomic E-state index is 0.323. The van der Waals surface area contributed by atoms with Gasteiger partial charge in [0, 0.05) is 29.4 Å². The molecule has 0 saturated heterocycles. The van der Waals surface area contributed by atoms with Crippen molar-refractivity contribution >= 4 is 23.2 Å². The molecule has 0 aliphatic carbocycles. The highest BCUT2D eigenvalue weighted by Crippen LogP contribution is 2.23. The van der Waals surface area contributed by atoms with Crippen LogP contribution in [-0.2, 0) is 0 Å². The molecule has 23 heavy (non-hydrogen) atoms. The summed E-state index contributed by atoms with van der Waals surface area (Å²) >= 11 is 1.11. The maximum Gasteiger partial charge on any atom is 0.225 e. The van der Waals surface area contributed by atoms with Crippen molar-refractivity contribution < 1.29 is 9.47 Å². The molecule has 6 nitrogen and oxygen atoms in total. The Balaban J connectivity index is 1.99. The summed E-state index contributed by atoms with van der Waals surface area (Å²) in [6.07, 6.45) is 0. The van der Waals surface area contributed by atoms with Gasteiger partial charge in [0.05, 0.1) is 19.9 Å². The van der Waals surface area contributed by atoms with Crippen LogP contribution in [0, 0.1) is 5.41 Å². The first-order valence-corrected chi connectivity index (χ1v) is 7.67. The van der Waals surface area contributed by atoms with Crippen LogP contribution in [0.2, 0.25) is 0 Å². The van der Waals surface area contributed by atoms with Crippen molar-refractivity contribution in [2.45, 2.75) is 0 Å². The zero-order valence-electron chi connectivity index (χ0n) is 12.7. The average molecular weight is 328 g/mol. The number of aromatic nitrogens is 2. The normalized spacial score (nSPS) is 10.3. The number of rotatable bonds is 5. The Morgan fingerprint density at radius 1 is 1.04 bits per heavy atom. The number of benzene rings is 2.